The predicted octanol–water partition coefficient (Wildman–Crippen LogP) is 3.64. The van der Waals surface area contributed by atoms with Gasteiger partial charge in [0, 0.05) is 26.7 Å². The molecule has 3 unspecified atom stereocenters. The molecule has 1 aromatic carbocycles. The first-order valence-corrected chi connectivity index (χ1v) is 9.44. The molecule has 3 N–H and O–H groups in total. The van der Waals surface area contributed by atoms with Gasteiger partial charge in [0.05, 0.1) is 6.04 Å². The molecule has 102 valence electrons. The largest absolute Gasteiger partial charge is 0.271 e. The summed E-state index contributed by atoms with van der Waals surface area (Å²) in [4.78, 5) is 0. The van der Waals surface area contributed by atoms with Crippen LogP contribution in [0.1, 0.15) is 18.5 Å². The number of thioether (sulfide) groups is 2. The maximum atomic E-state index is 5.89. The SMILES string of the molecule is CC1SCCSC1C(NN)c1cccc2ccsc12. The normalized spacial score (nSPS) is 25.6. The lowest BCUT2D eigenvalue weighted by molar-refractivity contribution is 0.530. The first kappa shape index (κ1) is 13.8. The third-order valence-corrected chi connectivity index (χ3v) is 7.76. The van der Waals surface area contributed by atoms with E-state index < -0.39 is 0 Å². The Morgan fingerprint density at radius 3 is 2.89 bits per heavy atom. The van der Waals surface area contributed by atoms with Gasteiger partial charge in [-0.05, 0) is 22.4 Å². The van der Waals surface area contributed by atoms with Crippen LogP contribution in [-0.4, -0.2) is 22.0 Å². The number of rotatable bonds is 3. The van der Waals surface area contributed by atoms with Crippen LogP contribution in [0.3, 0.4) is 0 Å². The molecule has 2 heterocycles. The highest BCUT2D eigenvalue weighted by molar-refractivity contribution is 8.07. The highest BCUT2D eigenvalue weighted by atomic mass is 32.2. The molecule has 1 aliphatic rings. The lowest BCUT2D eigenvalue weighted by atomic mass is 10.0. The molecule has 3 rings (SSSR count). The van der Waals surface area contributed by atoms with Crippen LogP contribution < -0.4 is 11.3 Å². The van der Waals surface area contributed by atoms with Crippen LogP contribution in [0.15, 0.2) is 29.6 Å². The summed E-state index contributed by atoms with van der Waals surface area (Å²) in [6.07, 6.45) is 0. The number of hydrazine groups is 1. The molecule has 3 atom stereocenters. The zero-order valence-corrected chi connectivity index (χ0v) is 13.3. The second-order valence-corrected chi connectivity index (χ2v) is 8.43. The summed E-state index contributed by atoms with van der Waals surface area (Å²) in [5.74, 6) is 8.36. The molecular weight excluding hydrogens is 292 g/mol. The van der Waals surface area contributed by atoms with Gasteiger partial charge in [0.1, 0.15) is 0 Å². The molecule has 19 heavy (non-hydrogen) atoms. The molecule has 2 nitrogen and oxygen atoms in total. The van der Waals surface area contributed by atoms with Crippen LogP contribution in [0, 0.1) is 0 Å². The molecule has 2 aromatic rings. The Bertz CT molecular complexity index is 554. The third kappa shape index (κ3) is 2.67. The highest BCUT2D eigenvalue weighted by Crippen LogP contribution is 2.40. The average Bonchev–Trinajstić information content (AvgIpc) is 2.91. The Hall–Kier alpha value is -0.200. The Morgan fingerprint density at radius 1 is 1.26 bits per heavy atom. The highest BCUT2D eigenvalue weighted by Gasteiger charge is 2.31. The molecule has 0 amide bonds. The van der Waals surface area contributed by atoms with E-state index in [2.05, 4.69) is 65.5 Å². The fraction of sp³-hybridized carbons (Fsp3) is 0.429. The third-order valence-electron chi connectivity index (χ3n) is 3.59. The first-order chi connectivity index (χ1) is 9.31. The Kier molecular flexibility index (Phi) is 4.39. The van der Waals surface area contributed by atoms with Gasteiger partial charge in [-0.3, -0.25) is 11.3 Å². The van der Waals surface area contributed by atoms with E-state index >= 15 is 0 Å². The van der Waals surface area contributed by atoms with E-state index in [-0.39, 0.29) is 6.04 Å². The molecule has 5 heteroatoms. The fourth-order valence-corrected chi connectivity index (χ4v) is 6.51. The number of nitrogens with two attached hydrogens (primary N) is 1. The maximum absolute atomic E-state index is 5.89. The number of fused-ring (bicyclic) bond motifs is 1. The van der Waals surface area contributed by atoms with Crippen LogP contribution in [0.4, 0.5) is 0 Å². The molecule has 0 radical (unpaired) electrons. The van der Waals surface area contributed by atoms with Crippen molar-refractivity contribution in [2.75, 3.05) is 11.5 Å². The Morgan fingerprint density at radius 2 is 2.11 bits per heavy atom. The average molecular weight is 311 g/mol. The molecule has 1 aromatic heterocycles. The number of thiophene rings is 1. The molecule has 0 saturated carbocycles. The van der Waals surface area contributed by atoms with Crippen LogP contribution >= 0.6 is 34.9 Å². The lowest BCUT2D eigenvalue weighted by Crippen LogP contribution is -2.40. The summed E-state index contributed by atoms with van der Waals surface area (Å²) in [5, 5.41) is 4.66. The zero-order chi connectivity index (χ0) is 13.2. The minimum absolute atomic E-state index is 0.232. The zero-order valence-electron chi connectivity index (χ0n) is 10.8. The van der Waals surface area contributed by atoms with Crippen LogP contribution in [-0.2, 0) is 0 Å². The van der Waals surface area contributed by atoms with Crippen molar-refractivity contribution < 1.29 is 0 Å². The van der Waals surface area contributed by atoms with Gasteiger partial charge in [-0.15, -0.1) is 11.3 Å². The van der Waals surface area contributed by atoms with Crippen LogP contribution in [0.2, 0.25) is 0 Å². The summed E-state index contributed by atoms with van der Waals surface area (Å²) < 4.78 is 1.37. The van der Waals surface area contributed by atoms with Crippen molar-refractivity contribution >= 4 is 44.9 Å². The quantitative estimate of drug-likeness (QED) is 0.670. The molecular formula is C14H18N2S3. The summed E-state index contributed by atoms with van der Waals surface area (Å²) in [6.45, 7) is 2.32. The van der Waals surface area contributed by atoms with Crippen molar-refractivity contribution in [3.8, 4) is 0 Å². The minimum atomic E-state index is 0.232. The van der Waals surface area contributed by atoms with Gasteiger partial charge in [0.2, 0.25) is 0 Å². The molecule has 0 bridgehead atoms. The van der Waals surface area contributed by atoms with Crippen LogP contribution in [0.5, 0.6) is 0 Å². The Balaban J connectivity index is 1.99. The van der Waals surface area contributed by atoms with Gasteiger partial charge in [0.25, 0.3) is 0 Å². The lowest BCUT2D eigenvalue weighted by Gasteiger charge is -2.34. The van der Waals surface area contributed by atoms with Gasteiger partial charge in [0.15, 0.2) is 0 Å². The smallest absolute Gasteiger partial charge is 0.0603 e. The van der Waals surface area contributed by atoms with E-state index in [1.54, 1.807) is 0 Å². The van der Waals surface area contributed by atoms with Crippen molar-refractivity contribution in [2.45, 2.75) is 23.5 Å². The van der Waals surface area contributed by atoms with E-state index in [0.29, 0.717) is 10.5 Å². The van der Waals surface area contributed by atoms with E-state index in [0.717, 1.165) is 0 Å². The predicted molar refractivity (Wildman–Crippen MR) is 90.1 cm³/mol. The molecule has 0 spiro atoms. The minimum Gasteiger partial charge on any atom is -0.271 e. The van der Waals surface area contributed by atoms with Gasteiger partial charge in [-0.2, -0.15) is 23.5 Å². The van der Waals surface area contributed by atoms with Crippen molar-refractivity contribution in [3.05, 3.63) is 35.2 Å². The van der Waals surface area contributed by atoms with Crippen LogP contribution in [0.25, 0.3) is 10.1 Å². The number of benzene rings is 1. The van der Waals surface area contributed by atoms with E-state index in [4.69, 9.17) is 5.84 Å². The molecule has 1 fully saturated rings. The molecule has 0 aliphatic carbocycles. The summed E-state index contributed by atoms with van der Waals surface area (Å²) in [5.41, 5.74) is 4.42. The number of nitrogens with one attached hydrogen (secondary N) is 1. The van der Waals surface area contributed by atoms with E-state index in [1.807, 2.05) is 11.3 Å². The Labute approximate surface area is 126 Å². The van der Waals surface area contributed by atoms with Gasteiger partial charge in [-0.1, -0.05) is 25.1 Å². The van der Waals surface area contributed by atoms with Crippen molar-refractivity contribution in [1.29, 1.82) is 0 Å². The van der Waals surface area contributed by atoms with E-state index in [1.165, 1.54) is 27.2 Å². The topological polar surface area (TPSA) is 38.0 Å². The fourth-order valence-electron chi connectivity index (χ4n) is 2.64. The second kappa shape index (κ2) is 6.06. The summed E-state index contributed by atoms with van der Waals surface area (Å²) in [6, 6.07) is 8.95. The second-order valence-electron chi connectivity index (χ2n) is 4.74. The molecule has 1 aliphatic heterocycles. The molecule has 1 saturated heterocycles. The number of hydrogen-bond acceptors (Lipinski definition) is 5. The van der Waals surface area contributed by atoms with Gasteiger partial charge in [-0.25, -0.2) is 0 Å². The summed E-state index contributed by atoms with van der Waals surface area (Å²) >= 11 is 5.92. The standard InChI is InChI=1S/C14H18N2S3/c1-9-13(19-8-7-17-9)12(16-15)11-4-2-3-10-5-6-18-14(10)11/h2-6,9,12-13,16H,7-8,15H2,1H3. The van der Waals surface area contributed by atoms with E-state index in [9.17, 15) is 0 Å². The van der Waals surface area contributed by atoms with Crippen molar-refractivity contribution in [3.63, 3.8) is 0 Å². The van der Waals surface area contributed by atoms with Gasteiger partial charge < -0.3 is 0 Å². The summed E-state index contributed by atoms with van der Waals surface area (Å²) in [7, 11) is 0. The van der Waals surface area contributed by atoms with Crippen molar-refractivity contribution in [1.82, 2.24) is 5.43 Å². The first-order valence-electron chi connectivity index (χ1n) is 6.46. The van der Waals surface area contributed by atoms with Crippen molar-refractivity contribution in [2.24, 2.45) is 5.84 Å². The maximum Gasteiger partial charge on any atom is 0.0603 e. The monoisotopic (exact) mass is 310 g/mol. The number of hydrogen-bond donors (Lipinski definition) is 2. The van der Waals surface area contributed by atoms with Gasteiger partial charge >= 0.3 is 0 Å².